The van der Waals surface area contributed by atoms with Crippen LogP contribution in [0, 0.1) is 5.41 Å². The Morgan fingerprint density at radius 3 is 2.68 bits per heavy atom. The average Bonchev–Trinajstić information content (AvgIpc) is 2.27. The highest BCUT2D eigenvalue weighted by molar-refractivity contribution is 5.94. The first kappa shape index (κ1) is 15.4. The molecule has 0 bridgehead atoms. The van der Waals surface area contributed by atoms with E-state index in [1.54, 1.807) is 12.1 Å². The zero-order chi connectivity index (χ0) is 14.5. The van der Waals surface area contributed by atoms with E-state index in [0.717, 1.165) is 0 Å². The number of hydrogen-bond acceptors (Lipinski definition) is 3. The molecule has 0 aliphatic heterocycles. The summed E-state index contributed by atoms with van der Waals surface area (Å²) >= 11 is 0. The summed E-state index contributed by atoms with van der Waals surface area (Å²) < 4.78 is 37.4. The minimum absolute atomic E-state index is 0.0795. The summed E-state index contributed by atoms with van der Waals surface area (Å²) in [5.74, 6) is -0.237. The van der Waals surface area contributed by atoms with Crippen molar-refractivity contribution < 1.29 is 13.2 Å². The zero-order valence-electron chi connectivity index (χ0n) is 10.7. The summed E-state index contributed by atoms with van der Waals surface area (Å²) in [6, 6.07) is 3.27. The van der Waals surface area contributed by atoms with Crippen LogP contribution in [0.1, 0.15) is 24.6 Å². The lowest BCUT2D eigenvalue weighted by Crippen LogP contribution is -2.35. The molecule has 0 atom stereocenters. The predicted molar refractivity (Wildman–Crippen MR) is 66.9 cm³/mol. The molecule has 0 fully saturated rings. The van der Waals surface area contributed by atoms with Crippen LogP contribution >= 0.6 is 0 Å². The Labute approximate surface area is 109 Å². The molecule has 1 rings (SSSR count). The maximum Gasteiger partial charge on any atom is 0.401 e. The van der Waals surface area contributed by atoms with Crippen molar-refractivity contribution in [2.24, 2.45) is 5.73 Å². The molecule has 1 aromatic heterocycles. The van der Waals surface area contributed by atoms with Crippen LogP contribution in [0.15, 0.2) is 18.3 Å². The van der Waals surface area contributed by atoms with Gasteiger partial charge in [-0.25, -0.2) is 0 Å². The number of alkyl halides is 3. The lowest BCUT2D eigenvalue weighted by Gasteiger charge is -2.23. The minimum Gasteiger partial charge on any atom is -0.382 e. The highest BCUT2D eigenvalue weighted by Crippen LogP contribution is 2.19. The van der Waals surface area contributed by atoms with Crippen molar-refractivity contribution in [3.05, 3.63) is 29.6 Å². The molecule has 106 valence electrons. The van der Waals surface area contributed by atoms with Gasteiger partial charge in [0.05, 0.1) is 6.54 Å². The van der Waals surface area contributed by atoms with E-state index in [1.165, 1.54) is 11.1 Å². The van der Waals surface area contributed by atoms with Gasteiger partial charge in [-0.1, -0.05) is 13.0 Å². The van der Waals surface area contributed by atoms with Crippen LogP contribution < -0.4 is 5.73 Å². The number of aromatic nitrogens is 1. The fraction of sp³-hybridized carbons (Fsp3) is 0.500. The average molecular weight is 274 g/mol. The number of nitrogen functional groups attached to an aromatic ring is 1. The summed E-state index contributed by atoms with van der Waals surface area (Å²) in [6.07, 6.45) is -2.16. The summed E-state index contributed by atoms with van der Waals surface area (Å²) in [4.78, 5) is 5.21. The smallest absolute Gasteiger partial charge is 0.382 e. The second-order valence-corrected chi connectivity index (χ2v) is 4.25. The molecule has 4 nitrogen and oxygen atoms in total. The second-order valence-electron chi connectivity index (χ2n) is 4.25. The van der Waals surface area contributed by atoms with Gasteiger partial charge in [0, 0.05) is 12.7 Å². The third-order valence-corrected chi connectivity index (χ3v) is 2.48. The third-order valence-electron chi connectivity index (χ3n) is 2.48. The number of rotatable bonds is 6. The van der Waals surface area contributed by atoms with Gasteiger partial charge in [0.15, 0.2) is 0 Å². The lowest BCUT2D eigenvalue weighted by atomic mass is 10.1. The van der Waals surface area contributed by atoms with Gasteiger partial charge in [-0.2, -0.15) is 13.2 Å². The molecule has 1 aromatic rings. The second kappa shape index (κ2) is 6.51. The number of halogens is 3. The van der Waals surface area contributed by atoms with Crippen LogP contribution in [0.5, 0.6) is 0 Å². The van der Waals surface area contributed by atoms with E-state index in [1.807, 2.05) is 6.92 Å². The maximum atomic E-state index is 12.5. The van der Waals surface area contributed by atoms with E-state index < -0.39 is 12.7 Å². The van der Waals surface area contributed by atoms with Crippen molar-refractivity contribution in [1.82, 2.24) is 9.88 Å². The first-order chi connectivity index (χ1) is 8.83. The number of hydrogen-bond donors (Lipinski definition) is 2. The van der Waals surface area contributed by atoms with Crippen molar-refractivity contribution in [3.63, 3.8) is 0 Å². The van der Waals surface area contributed by atoms with Gasteiger partial charge in [0.25, 0.3) is 0 Å². The normalized spacial score (nSPS) is 11.8. The number of nitrogens with zero attached hydrogens (tertiary/aromatic N) is 2. The van der Waals surface area contributed by atoms with E-state index in [4.69, 9.17) is 11.1 Å². The van der Waals surface area contributed by atoms with Crippen LogP contribution in [0.2, 0.25) is 0 Å². The van der Waals surface area contributed by atoms with Crippen molar-refractivity contribution in [2.45, 2.75) is 26.1 Å². The molecule has 7 heteroatoms. The van der Waals surface area contributed by atoms with E-state index in [9.17, 15) is 13.2 Å². The Morgan fingerprint density at radius 2 is 2.16 bits per heavy atom. The first-order valence-electron chi connectivity index (χ1n) is 5.91. The molecule has 19 heavy (non-hydrogen) atoms. The Balaban J connectivity index is 2.87. The molecule has 0 saturated carbocycles. The van der Waals surface area contributed by atoms with Crippen molar-refractivity contribution >= 4 is 5.84 Å². The number of amidine groups is 1. The van der Waals surface area contributed by atoms with Gasteiger partial charge in [-0.3, -0.25) is 15.3 Å². The molecule has 0 aliphatic carbocycles. The quantitative estimate of drug-likeness (QED) is 0.617. The van der Waals surface area contributed by atoms with E-state index >= 15 is 0 Å². The van der Waals surface area contributed by atoms with Crippen LogP contribution in [0.25, 0.3) is 0 Å². The van der Waals surface area contributed by atoms with Gasteiger partial charge in [-0.15, -0.1) is 0 Å². The first-order valence-corrected chi connectivity index (χ1v) is 5.91. The van der Waals surface area contributed by atoms with E-state index in [0.29, 0.717) is 18.5 Å². The Bertz CT molecular complexity index is 431. The molecule has 3 N–H and O–H groups in total. The van der Waals surface area contributed by atoms with Crippen molar-refractivity contribution in [1.29, 1.82) is 5.41 Å². The van der Waals surface area contributed by atoms with Crippen LogP contribution in [-0.4, -0.2) is 35.0 Å². The summed E-state index contributed by atoms with van der Waals surface area (Å²) in [7, 11) is 0. The molecule has 0 radical (unpaired) electrons. The molecule has 0 spiro atoms. The fourth-order valence-electron chi connectivity index (χ4n) is 1.83. The summed E-state index contributed by atoms with van der Waals surface area (Å²) in [5.41, 5.74) is 6.15. The van der Waals surface area contributed by atoms with Gasteiger partial charge in [0.1, 0.15) is 11.5 Å². The monoisotopic (exact) mass is 274 g/mol. The van der Waals surface area contributed by atoms with Crippen molar-refractivity contribution in [3.8, 4) is 0 Å². The van der Waals surface area contributed by atoms with Gasteiger partial charge in [-0.05, 0) is 24.6 Å². The Hall–Kier alpha value is -1.63. The number of pyridine rings is 1. The topological polar surface area (TPSA) is 66.0 Å². The zero-order valence-corrected chi connectivity index (χ0v) is 10.7. The van der Waals surface area contributed by atoms with E-state index in [-0.39, 0.29) is 18.1 Å². The molecule has 0 aliphatic rings. The maximum absolute atomic E-state index is 12.5. The largest absolute Gasteiger partial charge is 0.401 e. The molecule has 0 unspecified atom stereocenters. The van der Waals surface area contributed by atoms with Crippen LogP contribution in [0.3, 0.4) is 0 Å². The fourth-order valence-corrected chi connectivity index (χ4v) is 1.83. The Kier molecular flexibility index (Phi) is 5.29. The molecule has 1 heterocycles. The third kappa shape index (κ3) is 5.25. The lowest BCUT2D eigenvalue weighted by molar-refractivity contribution is -0.147. The molecule has 0 aromatic carbocycles. The summed E-state index contributed by atoms with van der Waals surface area (Å²) in [5, 5.41) is 7.38. The van der Waals surface area contributed by atoms with E-state index in [2.05, 4.69) is 4.98 Å². The molecule has 0 amide bonds. The van der Waals surface area contributed by atoms with Crippen LogP contribution in [0.4, 0.5) is 13.2 Å². The van der Waals surface area contributed by atoms with Gasteiger partial charge < -0.3 is 5.73 Å². The number of nitrogens with one attached hydrogen (secondary N) is 1. The van der Waals surface area contributed by atoms with Gasteiger partial charge >= 0.3 is 6.18 Å². The highest BCUT2D eigenvalue weighted by atomic mass is 19.4. The predicted octanol–water partition coefficient (Wildman–Crippen LogP) is 2.14. The molecular weight excluding hydrogens is 257 g/mol. The minimum atomic E-state index is -4.24. The Morgan fingerprint density at radius 1 is 1.47 bits per heavy atom. The standard InChI is InChI=1S/C12H17F3N4/c1-2-6-19(8-12(13,14)15)7-9-4-3-5-18-10(9)11(16)17/h3-5H,2,6-8H2,1H3,(H3,16,17). The summed E-state index contributed by atoms with van der Waals surface area (Å²) in [6.45, 7) is 1.24. The molecule has 0 saturated heterocycles. The number of nitrogens with two attached hydrogens (primary N) is 1. The van der Waals surface area contributed by atoms with Crippen molar-refractivity contribution in [2.75, 3.05) is 13.1 Å². The van der Waals surface area contributed by atoms with Crippen LogP contribution in [-0.2, 0) is 6.54 Å². The molecular formula is C12H17F3N4. The highest BCUT2D eigenvalue weighted by Gasteiger charge is 2.30. The van der Waals surface area contributed by atoms with Gasteiger partial charge in [0.2, 0.25) is 0 Å². The SMILES string of the molecule is CCCN(Cc1cccnc1C(=N)N)CC(F)(F)F.